The minimum atomic E-state index is -0.401. The van der Waals surface area contributed by atoms with Crippen LogP contribution in [0, 0.1) is 10.1 Å². The van der Waals surface area contributed by atoms with Crippen LogP contribution in [0.4, 0.5) is 11.4 Å². The predicted octanol–water partition coefficient (Wildman–Crippen LogP) is 2.32. The van der Waals surface area contributed by atoms with E-state index in [1.165, 1.54) is 6.07 Å². The number of halogens is 1. The summed E-state index contributed by atoms with van der Waals surface area (Å²) in [6.07, 6.45) is 1.21. The molecule has 1 aromatic carbocycles. The van der Waals surface area contributed by atoms with E-state index in [0.29, 0.717) is 12.2 Å². The second kappa shape index (κ2) is 5.01. The van der Waals surface area contributed by atoms with Crippen LogP contribution in [-0.2, 0) is 0 Å². The van der Waals surface area contributed by atoms with Crippen LogP contribution in [-0.4, -0.2) is 29.2 Å². The first-order chi connectivity index (χ1) is 8.08. The third-order valence-electron chi connectivity index (χ3n) is 2.87. The number of anilines is 1. The van der Waals surface area contributed by atoms with E-state index in [-0.39, 0.29) is 10.6 Å². The Morgan fingerprint density at radius 1 is 1.53 bits per heavy atom. The van der Waals surface area contributed by atoms with Crippen LogP contribution in [0.15, 0.2) is 22.7 Å². The van der Waals surface area contributed by atoms with Crippen molar-refractivity contribution < 1.29 is 10.0 Å². The van der Waals surface area contributed by atoms with E-state index in [1.54, 1.807) is 12.1 Å². The molecule has 0 aliphatic carbocycles. The maximum absolute atomic E-state index is 11.0. The summed E-state index contributed by atoms with van der Waals surface area (Å²) in [7, 11) is 0. The van der Waals surface area contributed by atoms with Crippen LogP contribution in [0.1, 0.15) is 12.8 Å². The summed E-state index contributed by atoms with van der Waals surface area (Å²) < 4.78 is 0.804. The van der Waals surface area contributed by atoms with Crippen LogP contribution >= 0.6 is 15.9 Å². The molecule has 1 atom stereocenters. The quantitative estimate of drug-likeness (QED) is 0.672. The Labute approximate surface area is 107 Å². The molecule has 1 N–H and O–H groups in total. The minimum absolute atomic E-state index is 0.0855. The Morgan fingerprint density at radius 3 is 2.94 bits per heavy atom. The van der Waals surface area contributed by atoms with Gasteiger partial charge in [-0.15, -0.1) is 0 Å². The zero-order valence-electron chi connectivity index (χ0n) is 9.17. The molecule has 1 heterocycles. The number of hydrogen-bond donors (Lipinski definition) is 1. The van der Waals surface area contributed by atoms with E-state index in [2.05, 4.69) is 15.9 Å². The summed E-state index contributed by atoms with van der Waals surface area (Å²) in [6, 6.07) is 4.87. The van der Waals surface area contributed by atoms with Gasteiger partial charge in [-0.2, -0.15) is 0 Å². The molecule has 17 heavy (non-hydrogen) atoms. The Kier molecular flexibility index (Phi) is 3.63. The molecule has 0 spiro atoms. The van der Waals surface area contributed by atoms with Crippen molar-refractivity contribution in [1.82, 2.24) is 0 Å². The number of β-amino-alcohol motifs (C(OH)–C–C–N with tert-alkyl or cyclic N) is 1. The molecule has 5 nitrogen and oxygen atoms in total. The molecule has 92 valence electrons. The van der Waals surface area contributed by atoms with E-state index >= 15 is 0 Å². The largest absolute Gasteiger partial charge is 0.391 e. The minimum Gasteiger partial charge on any atom is -0.391 e. The fourth-order valence-corrected chi connectivity index (χ4v) is 2.43. The van der Waals surface area contributed by atoms with Gasteiger partial charge in [0.15, 0.2) is 0 Å². The molecule has 2 rings (SSSR count). The van der Waals surface area contributed by atoms with Gasteiger partial charge in [0.1, 0.15) is 5.69 Å². The second-order valence-electron chi connectivity index (χ2n) is 4.13. The van der Waals surface area contributed by atoms with E-state index < -0.39 is 6.10 Å². The standard InChI is InChI=1S/C11H13BrN2O3/c12-8-3-4-10(14(16)17)11(6-8)13-5-1-2-9(15)7-13/h3-4,6,9,15H,1-2,5,7H2. The first-order valence-electron chi connectivity index (χ1n) is 5.45. The van der Waals surface area contributed by atoms with Crippen LogP contribution in [0.2, 0.25) is 0 Å². The maximum atomic E-state index is 11.0. The third kappa shape index (κ3) is 2.76. The molecule has 1 unspecified atom stereocenters. The van der Waals surface area contributed by atoms with Crippen molar-refractivity contribution in [2.75, 3.05) is 18.0 Å². The summed E-state index contributed by atoms with van der Waals surface area (Å²) in [4.78, 5) is 12.4. The molecule has 1 fully saturated rings. The van der Waals surface area contributed by atoms with Crippen molar-refractivity contribution in [1.29, 1.82) is 0 Å². The number of nitro benzene ring substituents is 1. The van der Waals surface area contributed by atoms with Gasteiger partial charge >= 0.3 is 0 Å². The molecule has 0 amide bonds. The summed E-state index contributed by atoms with van der Waals surface area (Å²) in [5.41, 5.74) is 0.658. The van der Waals surface area contributed by atoms with Crippen molar-refractivity contribution in [3.8, 4) is 0 Å². The van der Waals surface area contributed by atoms with Gasteiger partial charge in [-0.05, 0) is 25.0 Å². The normalized spacial score (nSPS) is 20.4. The van der Waals surface area contributed by atoms with Crippen LogP contribution in [0.5, 0.6) is 0 Å². The number of nitro groups is 1. The van der Waals surface area contributed by atoms with E-state index in [1.807, 2.05) is 4.90 Å². The molecule has 6 heteroatoms. The lowest BCUT2D eigenvalue weighted by molar-refractivity contribution is -0.384. The third-order valence-corrected chi connectivity index (χ3v) is 3.36. The Morgan fingerprint density at radius 2 is 2.29 bits per heavy atom. The summed E-state index contributed by atoms with van der Waals surface area (Å²) >= 11 is 3.32. The maximum Gasteiger partial charge on any atom is 0.292 e. The first-order valence-corrected chi connectivity index (χ1v) is 6.24. The average Bonchev–Trinajstić information content (AvgIpc) is 2.28. The fourth-order valence-electron chi connectivity index (χ4n) is 2.08. The van der Waals surface area contributed by atoms with Gasteiger partial charge in [-0.3, -0.25) is 10.1 Å². The number of aliphatic hydroxyl groups is 1. The highest BCUT2D eigenvalue weighted by Gasteiger charge is 2.24. The van der Waals surface area contributed by atoms with Crippen LogP contribution < -0.4 is 4.90 Å². The lowest BCUT2D eigenvalue weighted by Gasteiger charge is -2.31. The average molecular weight is 301 g/mol. The Bertz CT molecular complexity index is 439. The van der Waals surface area contributed by atoms with Gasteiger partial charge in [0.25, 0.3) is 5.69 Å². The van der Waals surface area contributed by atoms with Gasteiger partial charge in [0.2, 0.25) is 0 Å². The fraction of sp³-hybridized carbons (Fsp3) is 0.455. The smallest absolute Gasteiger partial charge is 0.292 e. The number of aliphatic hydroxyl groups excluding tert-OH is 1. The molecule has 1 aromatic rings. The van der Waals surface area contributed by atoms with Gasteiger partial charge in [-0.25, -0.2) is 0 Å². The van der Waals surface area contributed by atoms with Crippen molar-refractivity contribution >= 4 is 27.3 Å². The van der Waals surface area contributed by atoms with E-state index in [4.69, 9.17) is 0 Å². The van der Waals surface area contributed by atoms with Gasteiger partial charge < -0.3 is 10.0 Å². The lowest BCUT2D eigenvalue weighted by atomic mass is 10.1. The molecule has 1 saturated heterocycles. The van der Waals surface area contributed by atoms with Crippen LogP contribution in [0.3, 0.4) is 0 Å². The van der Waals surface area contributed by atoms with E-state index in [9.17, 15) is 15.2 Å². The van der Waals surface area contributed by atoms with Crippen molar-refractivity contribution in [2.45, 2.75) is 18.9 Å². The van der Waals surface area contributed by atoms with Crippen LogP contribution in [0.25, 0.3) is 0 Å². The predicted molar refractivity (Wildman–Crippen MR) is 68.3 cm³/mol. The molecular formula is C11H13BrN2O3. The summed E-state index contributed by atoms with van der Waals surface area (Å²) in [6.45, 7) is 1.20. The molecule has 0 bridgehead atoms. The molecule has 1 aliphatic heterocycles. The highest BCUT2D eigenvalue weighted by molar-refractivity contribution is 9.10. The monoisotopic (exact) mass is 300 g/mol. The first kappa shape index (κ1) is 12.3. The second-order valence-corrected chi connectivity index (χ2v) is 5.05. The van der Waals surface area contributed by atoms with Gasteiger partial charge in [0, 0.05) is 23.6 Å². The number of rotatable bonds is 2. The zero-order valence-corrected chi connectivity index (χ0v) is 10.8. The number of hydrogen-bond acceptors (Lipinski definition) is 4. The summed E-state index contributed by atoms with van der Waals surface area (Å²) in [5.74, 6) is 0. The van der Waals surface area contributed by atoms with Crippen molar-refractivity contribution in [2.24, 2.45) is 0 Å². The van der Waals surface area contributed by atoms with E-state index in [0.717, 1.165) is 23.9 Å². The molecule has 0 radical (unpaired) electrons. The highest BCUT2D eigenvalue weighted by Crippen LogP contribution is 2.32. The molecule has 0 aromatic heterocycles. The SMILES string of the molecule is O=[N+]([O-])c1ccc(Br)cc1N1CCCC(O)C1. The topological polar surface area (TPSA) is 66.6 Å². The van der Waals surface area contributed by atoms with Crippen molar-refractivity contribution in [3.05, 3.63) is 32.8 Å². The van der Waals surface area contributed by atoms with Gasteiger partial charge in [0.05, 0.1) is 11.0 Å². The zero-order chi connectivity index (χ0) is 12.4. The highest BCUT2D eigenvalue weighted by atomic mass is 79.9. The van der Waals surface area contributed by atoms with Gasteiger partial charge in [-0.1, -0.05) is 15.9 Å². The molecule has 0 saturated carbocycles. The number of nitrogens with zero attached hydrogens (tertiary/aromatic N) is 2. The Balaban J connectivity index is 2.35. The molecular weight excluding hydrogens is 288 g/mol. The Hall–Kier alpha value is -1.14. The summed E-state index contributed by atoms with van der Waals surface area (Å²) in [5, 5.41) is 20.6. The lowest BCUT2D eigenvalue weighted by Crippen LogP contribution is -2.38. The van der Waals surface area contributed by atoms with Crippen molar-refractivity contribution in [3.63, 3.8) is 0 Å². The number of piperidine rings is 1. The number of benzene rings is 1. The molecule has 1 aliphatic rings.